The Kier molecular flexibility index (Phi) is 4.57. The van der Waals surface area contributed by atoms with E-state index >= 15 is 0 Å². The van der Waals surface area contributed by atoms with Gasteiger partial charge in [0.15, 0.2) is 11.5 Å². The molecule has 0 aliphatic carbocycles. The molecule has 0 aliphatic rings. The van der Waals surface area contributed by atoms with Crippen LogP contribution in [0.5, 0.6) is 5.75 Å². The molecular formula is C12H14N2O5. The molecule has 0 fully saturated rings. The summed E-state index contributed by atoms with van der Waals surface area (Å²) in [5, 5.41) is 13.2. The third-order valence-electron chi connectivity index (χ3n) is 2.60. The average Bonchev–Trinajstić information content (AvgIpc) is 2.37. The van der Waals surface area contributed by atoms with Gasteiger partial charge in [-0.3, -0.25) is 19.7 Å². The highest BCUT2D eigenvalue weighted by Crippen LogP contribution is 2.27. The van der Waals surface area contributed by atoms with Gasteiger partial charge in [-0.25, -0.2) is 0 Å². The van der Waals surface area contributed by atoms with Crippen molar-refractivity contribution in [2.24, 2.45) is 0 Å². The topological polar surface area (TPSA) is 98.5 Å². The molecule has 0 aromatic heterocycles. The Balaban J connectivity index is 2.99. The van der Waals surface area contributed by atoms with Gasteiger partial charge in [0.1, 0.15) is 0 Å². The minimum absolute atomic E-state index is 0.00636. The van der Waals surface area contributed by atoms with Crippen molar-refractivity contribution in [3.8, 4) is 5.75 Å². The van der Waals surface area contributed by atoms with Gasteiger partial charge in [0.2, 0.25) is 0 Å². The lowest BCUT2D eigenvalue weighted by Crippen LogP contribution is -2.37. The number of nitrogens with one attached hydrogen (secondary N) is 1. The van der Waals surface area contributed by atoms with Crippen LogP contribution in [0.2, 0.25) is 0 Å². The van der Waals surface area contributed by atoms with Crippen molar-refractivity contribution in [2.75, 3.05) is 7.11 Å². The zero-order valence-corrected chi connectivity index (χ0v) is 10.8. The Morgan fingerprint density at radius 1 is 1.42 bits per heavy atom. The van der Waals surface area contributed by atoms with Crippen LogP contribution in [0.3, 0.4) is 0 Å². The SMILES string of the molecule is COc1cc(C(=O)NC(C)C(C)=O)ccc1[N+](=O)[O-]. The summed E-state index contributed by atoms with van der Waals surface area (Å²) in [7, 11) is 1.28. The van der Waals surface area contributed by atoms with E-state index in [9.17, 15) is 19.7 Å². The molecule has 1 unspecified atom stereocenters. The van der Waals surface area contributed by atoms with Crippen LogP contribution in [-0.4, -0.2) is 29.8 Å². The van der Waals surface area contributed by atoms with E-state index in [0.717, 1.165) is 0 Å². The number of nitrogens with zero attached hydrogens (tertiary/aromatic N) is 1. The smallest absolute Gasteiger partial charge is 0.310 e. The first-order chi connectivity index (χ1) is 8.86. The van der Waals surface area contributed by atoms with Crippen molar-refractivity contribution >= 4 is 17.4 Å². The third-order valence-corrected chi connectivity index (χ3v) is 2.60. The first kappa shape index (κ1) is 14.6. The van der Waals surface area contributed by atoms with E-state index in [1.54, 1.807) is 6.92 Å². The van der Waals surface area contributed by atoms with Crippen molar-refractivity contribution in [3.63, 3.8) is 0 Å². The van der Waals surface area contributed by atoms with E-state index in [1.165, 1.54) is 32.2 Å². The second-order valence-electron chi connectivity index (χ2n) is 3.95. The van der Waals surface area contributed by atoms with Crippen LogP contribution in [0.4, 0.5) is 5.69 Å². The Labute approximate surface area is 109 Å². The number of ketones is 1. The quantitative estimate of drug-likeness (QED) is 0.640. The molecule has 7 heteroatoms. The molecule has 1 atom stereocenters. The standard InChI is InChI=1S/C12H14N2O5/c1-7(8(2)15)13-12(16)9-4-5-10(14(17)18)11(6-9)19-3/h4-7H,1-3H3,(H,13,16). The Morgan fingerprint density at radius 2 is 2.05 bits per heavy atom. The van der Waals surface area contributed by atoms with Gasteiger partial charge in [0.05, 0.1) is 18.1 Å². The number of ether oxygens (including phenoxy) is 1. The molecule has 0 saturated carbocycles. The predicted molar refractivity (Wildman–Crippen MR) is 67.3 cm³/mol. The minimum Gasteiger partial charge on any atom is -0.490 e. The molecule has 1 aromatic carbocycles. The second-order valence-corrected chi connectivity index (χ2v) is 3.95. The average molecular weight is 266 g/mol. The molecular weight excluding hydrogens is 252 g/mol. The summed E-state index contributed by atoms with van der Waals surface area (Å²) in [6.45, 7) is 2.92. The monoisotopic (exact) mass is 266 g/mol. The van der Waals surface area contributed by atoms with Crippen LogP contribution in [0.1, 0.15) is 24.2 Å². The number of nitro groups is 1. The number of methoxy groups -OCH3 is 1. The largest absolute Gasteiger partial charge is 0.490 e. The van der Waals surface area contributed by atoms with Crippen molar-refractivity contribution in [1.29, 1.82) is 0 Å². The molecule has 1 aromatic rings. The Hall–Kier alpha value is -2.44. The maximum absolute atomic E-state index is 11.8. The molecule has 0 spiro atoms. The highest BCUT2D eigenvalue weighted by atomic mass is 16.6. The minimum atomic E-state index is -0.617. The molecule has 7 nitrogen and oxygen atoms in total. The van der Waals surface area contributed by atoms with Gasteiger partial charge in [-0.05, 0) is 19.9 Å². The van der Waals surface area contributed by atoms with Crippen molar-refractivity contribution in [1.82, 2.24) is 5.32 Å². The lowest BCUT2D eigenvalue weighted by atomic mass is 10.1. The van der Waals surface area contributed by atoms with Crippen LogP contribution in [-0.2, 0) is 4.79 Å². The van der Waals surface area contributed by atoms with Crippen LogP contribution in [0.15, 0.2) is 18.2 Å². The van der Waals surface area contributed by atoms with Crippen LogP contribution >= 0.6 is 0 Å². The lowest BCUT2D eigenvalue weighted by molar-refractivity contribution is -0.385. The van der Waals surface area contributed by atoms with Crippen LogP contribution in [0, 0.1) is 10.1 Å². The summed E-state index contributed by atoms with van der Waals surface area (Å²) < 4.78 is 4.86. The van der Waals surface area contributed by atoms with Gasteiger partial charge in [0.25, 0.3) is 5.91 Å². The fourth-order valence-corrected chi connectivity index (χ4v) is 1.35. The number of Topliss-reactive ketones (excluding diaryl/α,β-unsaturated/α-hetero) is 1. The van der Waals surface area contributed by atoms with Gasteiger partial charge in [-0.1, -0.05) is 0 Å². The third kappa shape index (κ3) is 3.51. The van der Waals surface area contributed by atoms with Crippen LogP contribution in [0.25, 0.3) is 0 Å². The number of benzene rings is 1. The number of rotatable bonds is 5. The number of nitro benzene ring substituents is 1. The number of hydrogen-bond donors (Lipinski definition) is 1. The fourth-order valence-electron chi connectivity index (χ4n) is 1.35. The summed E-state index contributed by atoms with van der Waals surface area (Å²) in [4.78, 5) is 33.0. The van der Waals surface area contributed by atoms with Gasteiger partial charge in [-0.15, -0.1) is 0 Å². The van der Waals surface area contributed by atoms with E-state index in [0.29, 0.717) is 0 Å². The summed E-state index contributed by atoms with van der Waals surface area (Å²) in [5.41, 5.74) is -0.0331. The Morgan fingerprint density at radius 3 is 2.53 bits per heavy atom. The molecule has 0 saturated heterocycles. The molecule has 0 aliphatic heterocycles. The molecule has 19 heavy (non-hydrogen) atoms. The number of carbonyl (C=O) groups excluding carboxylic acids is 2. The zero-order chi connectivity index (χ0) is 14.6. The molecule has 102 valence electrons. The highest BCUT2D eigenvalue weighted by molar-refractivity contribution is 5.98. The Bertz CT molecular complexity index is 527. The molecule has 1 N–H and O–H groups in total. The van der Waals surface area contributed by atoms with E-state index in [1.807, 2.05) is 0 Å². The number of carbonyl (C=O) groups is 2. The van der Waals surface area contributed by atoms with Gasteiger partial charge >= 0.3 is 5.69 Å². The highest BCUT2D eigenvalue weighted by Gasteiger charge is 2.19. The van der Waals surface area contributed by atoms with E-state index in [4.69, 9.17) is 4.74 Å². The summed E-state index contributed by atoms with van der Waals surface area (Å²) in [5.74, 6) is -0.675. The van der Waals surface area contributed by atoms with Crippen molar-refractivity contribution in [3.05, 3.63) is 33.9 Å². The fraction of sp³-hybridized carbons (Fsp3) is 0.333. The maximum atomic E-state index is 11.8. The summed E-state index contributed by atoms with van der Waals surface area (Å²) >= 11 is 0. The number of hydrogen-bond acceptors (Lipinski definition) is 5. The molecule has 1 rings (SSSR count). The van der Waals surface area contributed by atoms with Gasteiger partial charge in [-0.2, -0.15) is 0 Å². The number of amides is 1. The molecule has 0 bridgehead atoms. The predicted octanol–water partition coefficient (Wildman–Crippen LogP) is 1.31. The first-order valence-corrected chi connectivity index (χ1v) is 5.50. The van der Waals surface area contributed by atoms with Crippen LogP contribution < -0.4 is 10.1 Å². The van der Waals surface area contributed by atoms with Gasteiger partial charge in [0, 0.05) is 17.7 Å². The summed E-state index contributed by atoms with van der Waals surface area (Å²) in [6, 6.07) is 3.14. The normalized spacial score (nSPS) is 11.5. The van der Waals surface area contributed by atoms with E-state index in [-0.39, 0.29) is 22.8 Å². The first-order valence-electron chi connectivity index (χ1n) is 5.50. The van der Waals surface area contributed by atoms with Gasteiger partial charge < -0.3 is 10.1 Å². The molecule has 0 heterocycles. The van der Waals surface area contributed by atoms with Crippen molar-refractivity contribution < 1.29 is 19.2 Å². The lowest BCUT2D eigenvalue weighted by Gasteiger charge is -2.11. The van der Waals surface area contributed by atoms with E-state index < -0.39 is 16.9 Å². The molecule has 0 radical (unpaired) electrons. The second kappa shape index (κ2) is 5.94. The van der Waals surface area contributed by atoms with Crippen molar-refractivity contribution in [2.45, 2.75) is 19.9 Å². The maximum Gasteiger partial charge on any atom is 0.310 e. The van der Waals surface area contributed by atoms with E-state index in [2.05, 4.69) is 5.32 Å². The molecule has 1 amide bonds. The summed E-state index contributed by atoms with van der Waals surface area (Å²) in [6.07, 6.45) is 0. The zero-order valence-electron chi connectivity index (χ0n) is 10.8.